The molecule has 0 radical (unpaired) electrons. The maximum atomic E-state index is 14.3. The second-order valence-corrected chi connectivity index (χ2v) is 13.3. The molecule has 0 saturated heterocycles. The Morgan fingerprint density at radius 1 is 0.824 bits per heavy atom. The van der Waals surface area contributed by atoms with Crippen molar-refractivity contribution < 1.29 is 51.2 Å². The molecule has 16 heteroatoms. The molecule has 0 heterocycles. The van der Waals surface area contributed by atoms with Crippen molar-refractivity contribution >= 4 is 30.4 Å². The normalized spacial score (nSPS) is 29.8. The zero-order valence-corrected chi connectivity index (χ0v) is 19.7. The minimum Gasteiger partial charge on any atom is -0.406 e. The molecule has 0 amide bonds. The Bertz CT molecular complexity index is 1260. The van der Waals surface area contributed by atoms with Gasteiger partial charge < -0.3 is 8.31 Å². The van der Waals surface area contributed by atoms with Crippen molar-refractivity contribution in [2.75, 3.05) is 0 Å². The highest BCUT2D eigenvalue weighted by molar-refractivity contribution is 8.11. The first kappa shape index (κ1) is 25.6. The van der Waals surface area contributed by atoms with Crippen LogP contribution in [0.25, 0.3) is 4.13 Å². The van der Waals surface area contributed by atoms with Gasteiger partial charge in [0.15, 0.2) is 10.0 Å². The van der Waals surface area contributed by atoms with Crippen LogP contribution in [-0.2, 0) is 34.6 Å². The predicted molar refractivity (Wildman–Crippen MR) is 109 cm³/mol. The van der Waals surface area contributed by atoms with E-state index < -0.39 is 52.8 Å². The third kappa shape index (κ3) is 4.20. The van der Waals surface area contributed by atoms with Gasteiger partial charge in [-0.25, -0.2) is 16.8 Å². The Kier molecular flexibility index (Phi) is 6.24. The number of halogens is 4. The lowest BCUT2D eigenvalue weighted by atomic mass is 9.80. The molecule has 0 aliphatic heterocycles. The highest BCUT2D eigenvalue weighted by Gasteiger charge is 2.72. The number of nitrogens with zero attached hydrogens (tertiary/aromatic N) is 1. The topological polar surface area (TPSA) is 135 Å². The van der Waals surface area contributed by atoms with Gasteiger partial charge in [0.25, 0.3) is 0 Å². The summed E-state index contributed by atoms with van der Waals surface area (Å²) in [6, 6.07) is 5.30. The Morgan fingerprint density at radius 2 is 1.44 bits per heavy atom. The summed E-state index contributed by atoms with van der Waals surface area (Å²) < 4.78 is 140. The van der Waals surface area contributed by atoms with Gasteiger partial charge in [-0.2, -0.15) is 26.0 Å². The average Bonchev–Trinajstić information content (AvgIpc) is 3.40. The van der Waals surface area contributed by atoms with E-state index in [1.807, 2.05) is 4.13 Å². The quantitative estimate of drug-likeness (QED) is 0.337. The third-order valence-electron chi connectivity index (χ3n) is 6.73. The summed E-state index contributed by atoms with van der Waals surface area (Å²) >= 11 is 0. The van der Waals surface area contributed by atoms with Crippen LogP contribution in [-0.4, -0.2) is 41.9 Å². The van der Waals surface area contributed by atoms with Crippen LogP contribution in [0.4, 0.5) is 17.6 Å². The fraction of sp³-hybridized carbons (Fsp3) is 0.667. The van der Waals surface area contributed by atoms with E-state index in [-0.39, 0.29) is 24.2 Å². The van der Waals surface area contributed by atoms with Gasteiger partial charge >= 0.3 is 20.6 Å². The molecule has 5 atom stereocenters. The summed E-state index contributed by atoms with van der Waals surface area (Å²) in [7, 11) is -19.2. The van der Waals surface area contributed by atoms with Crippen LogP contribution in [0.15, 0.2) is 30.3 Å². The maximum Gasteiger partial charge on any atom is 0.456 e. The molecular weight excluding hydrogens is 530 g/mol. The van der Waals surface area contributed by atoms with Crippen LogP contribution in [0, 0.1) is 23.7 Å². The molecule has 3 aliphatic carbocycles. The molecule has 34 heavy (non-hydrogen) atoms. The van der Waals surface area contributed by atoms with Crippen molar-refractivity contribution in [1.82, 2.24) is 0 Å². The highest BCUT2D eigenvalue weighted by atomic mass is 32.3. The van der Waals surface area contributed by atoms with Crippen LogP contribution in [0.2, 0.25) is 0 Å². The average molecular weight is 551 g/mol. The Balaban J connectivity index is 1.51. The van der Waals surface area contributed by atoms with Crippen molar-refractivity contribution in [3.63, 3.8) is 0 Å². The molecule has 5 unspecified atom stereocenters. The molecule has 3 fully saturated rings. The summed E-state index contributed by atoms with van der Waals surface area (Å²) in [6.45, 7) is 0. The Morgan fingerprint density at radius 3 is 2.09 bits per heavy atom. The molecule has 0 spiro atoms. The SMILES string of the molecule is O=S(=O)([N-]S(=O)(=O)C(F)(F)C(F)(F)S(=O)(=O)Oc1ccccc1)OC1CC2CC1C1CCCC21. The second kappa shape index (κ2) is 8.28. The number of sulfonamides is 1. The molecule has 9 nitrogen and oxygen atoms in total. The number of para-hydroxylation sites is 1. The van der Waals surface area contributed by atoms with Gasteiger partial charge in [0, 0.05) is 0 Å². The van der Waals surface area contributed by atoms with Gasteiger partial charge in [0.2, 0.25) is 10.3 Å². The van der Waals surface area contributed by atoms with Gasteiger partial charge in [-0.3, -0.25) is 4.18 Å². The number of rotatable bonds is 9. The highest BCUT2D eigenvalue weighted by Crippen LogP contribution is 2.60. The monoisotopic (exact) mass is 550 g/mol. The lowest BCUT2D eigenvalue weighted by Gasteiger charge is -2.34. The first-order valence-corrected chi connectivity index (χ1v) is 14.5. The summed E-state index contributed by atoms with van der Waals surface area (Å²) in [5.74, 6) is -0.357. The maximum absolute atomic E-state index is 14.3. The van der Waals surface area contributed by atoms with E-state index in [9.17, 15) is 42.8 Å². The van der Waals surface area contributed by atoms with E-state index in [0.29, 0.717) is 12.3 Å². The van der Waals surface area contributed by atoms with Crippen molar-refractivity contribution in [2.24, 2.45) is 23.7 Å². The lowest BCUT2D eigenvalue weighted by Crippen LogP contribution is -2.53. The summed E-state index contributed by atoms with van der Waals surface area (Å²) in [6.07, 6.45) is 2.60. The summed E-state index contributed by atoms with van der Waals surface area (Å²) in [5, 5.41) is -12.9. The summed E-state index contributed by atoms with van der Waals surface area (Å²) in [5.41, 5.74) is 0. The van der Waals surface area contributed by atoms with Gasteiger partial charge in [-0.1, -0.05) is 24.6 Å². The standard InChI is InChI=1S/C18H20F4NO8S3/c19-17(20,18(21,22)33(26,27)30-12-5-2-1-3-6-12)32(24,25)23-34(28,29)31-16-10-11-9-15(16)14-8-4-7-13(11)14/h1-3,5-6,11,13-16H,4,7-10H2/q-1. The summed E-state index contributed by atoms with van der Waals surface area (Å²) in [4.78, 5) is 0. The van der Waals surface area contributed by atoms with E-state index in [2.05, 4.69) is 4.18 Å². The largest absolute Gasteiger partial charge is 0.456 e. The Hall–Kier alpha value is -1.49. The van der Waals surface area contributed by atoms with Gasteiger partial charge in [0.1, 0.15) is 5.75 Å². The molecule has 0 aromatic heterocycles. The number of fused-ring (bicyclic) bond motifs is 5. The minimum absolute atomic E-state index is 0.139. The van der Waals surface area contributed by atoms with E-state index >= 15 is 0 Å². The zero-order chi connectivity index (χ0) is 25.2. The van der Waals surface area contributed by atoms with Crippen molar-refractivity contribution in [3.8, 4) is 5.75 Å². The van der Waals surface area contributed by atoms with Crippen LogP contribution in [0.3, 0.4) is 0 Å². The van der Waals surface area contributed by atoms with Crippen LogP contribution in [0.5, 0.6) is 5.75 Å². The number of hydrogen-bond acceptors (Lipinski definition) is 8. The van der Waals surface area contributed by atoms with Crippen molar-refractivity contribution in [2.45, 2.75) is 48.7 Å². The molecule has 0 N–H and O–H groups in total. The van der Waals surface area contributed by atoms with Crippen molar-refractivity contribution in [1.29, 1.82) is 0 Å². The molecule has 4 rings (SSSR count). The molecule has 3 saturated carbocycles. The lowest BCUT2D eigenvalue weighted by molar-refractivity contribution is -0.0997. The number of benzene rings is 1. The third-order valence-corrected chi connectivity index (χ3v) is 11.1. The van der Waals surface area contributed by atoms with Crippen molar-refractivity contribution in [3.05, 3.63) is 34.5 Å². The molecule has 1 aromatic carbocycles. The number of alkyl halides is 4. The zero-order valence-electron chi connectivity index (χ0n) is 17.3. The second-order valence-electron chi connectivity index (χ2n) is 8.65. The first-order chi connectivity index (χ1) is 15.6. The fourth-order valence-electron chi connectivity index (χ4n) is 5.41. The van der Waals surface area contributed by atoms with Gasteiger partial charge in [-0.05, 0) is 61.5 Å². The molecule has 2 bridgehead atoms. The molecule has 1 aromatic rings. The minimum atomic E-state index is -6.95. The molecule has 3 aliphatic rings. The van der Waals surface area contributed by atoms with E-state index in [1.165, 1.54) is 6.07 Å². The van der Waals surface area contributed by atoms with Crippen LogP contribution in [0.1, 0.15) is 32.1 Å². The van der Waals surface area contributed by atoms with Gasteiger partial charge in [0.05, 0.1) is 6.10 Å². The first-order valence-electron chi connectivity index (χ1n) is 10.2. The van der Waals surface area contributed by atoms with Crippen LogP contribution < -0.4 is 4.18 Å². The molecular formula is C18H20F4NO8S3-. The molecule has 192 valence electrons. The van der Waals surface area contributed by atoms with E-state index in [1.54, 1.807) is 0 Å². The number of hydrogen-bond donors (Lipinski definition) is 0. The smallest absolute Gasteiger partial charge is 0.406 e. The fourth-order valence-corrected chi connectivity index (χ4v) is 9.10. The predicted octanol–water partition coefficient (Wildman–Crippen LogP) is 3.37. The van der Waals surface area contributed by atoms with Crippen LogP contribution >= 0.6 is 0 Å². The Labute approximate surface area is 194 Å². The van der Waals surface area contributed by atoms with E-state index in [4.69, 9.17) is 4.18 Å². The van der Waals surface area contributed by atoms with E-state index in [0.717, 1.165) is 43.5 Å². The van der Waals surface area contributed by atoms with Gasteiger partial charge in [-0.15, -0.1) is 0 Å².